The summed E-state index contributed by atoms with van der Waals surface area (Å²) in [5, 5.41) is 10.2. The first-order chi connectivity index (χ1) is 7.43. The van der Waals surface area contributed by atoms with Crippen molar-refractivity contribution in [2.24, 2.45) is 0 Å². The Morgan fingerprint density at radius 3 is 3.00 bits per heavy atom. The van der Waals surface area contributed by atoms with Crippen LogP contribution in [0.1, 0.15) is 11.1 Å². The highest BCUT2D eigenvalue weighted by Crippen LogP contribution is 2.23. The van der Waals surface area contributed by atoms with Crippen LogP contribution in [-0.4, -0.2) is 16.7 Å². The molecule has 0 amide bonds. The van der Waals surface area contributed by atoms with Crippen molar-refractivity contribution < 1.29 is 0 Å². The van der Waals surface area contributed by atoms with Gasteiger partial charge in [0.1, 0.15) is 0 Å². The molecule has 2 N–H and O–H groups in total. The highest BCUT2D eigenvalue weighted by atomic mass is 15.1. The van der Waals surface area contributed by atoms with Gasteiger partial charge < -0.3 is 5.32 Å². The molecular weight excluding hydrogens is 186 g/mol. The van der Waals surface area contributed by atoms with E-state index in [1.807, 2.05) is 12.4 Å². The zero-order valence-corrected chi connectivity index (χ0v) is 8.46. The molecule has 0 fully saturated rings. The van der Waals surface area contributed by atoms with Crippen LogP contribution >= 0.6 is 0 Å². The summed E-state index contributed by atoms with van der Waals surface area (Å²) in [5.74, 6) is 0. The summed E-state index contributed by atoms with van der Waals surface area (Å²) in [6.45, 7) is 2.09. The normalized spacial score (nSPS) is 14.9. The van der Waals surface area contributed by atoms with E-state index in [9.17, 15) is 0 Å². The van der Waals surface area contributed by atoms with Crippen LogP contribution in [0.25, 0.3) is 11.1 Å². The third-order valence-corrected chi connectivity index (χ3v) is 2.92. The van der Waals surface area contributed by atoms with Gasteiger partial charge in [-0.25, -0.2) is 0 Å². The first-order valence-corrected chi connectivity index (χ1v) is 5.25. The number of nitrogens with one attached hydrogen (secondary N) is 2. The molecular formula is C12H13N3. The molecule has 15 heavy (non-hydrogen) atoms. The van der Waals surface area contributed by atoms with E-state index >= 15 is 0 Å². The van der Waals surface area contributed by atoms with Gasteiger partial charge in [0.2, 0.25) is 0 Å². The van der Waals surface area contributed by atoms with Crippen molar-refractivity contribution in [2.45, 2.75) is 13.0 Å². The largest absolute Gasteiger partial charge is 0.312 e. The van der Waals surface area contributed by atoms with Crippen molar-refractivity contribution in [2.75, 3.05) is 6.54 Å². The predicted octanol–water partition coefficient (Wildman–Crippen LogP) is 1.72. The van der Waals surface area contributed by atoms with E-state index in [1.165, 1.54) is 16.7 Å². The fourth-order valence-electron chi connectivity index (χ4n) is 2.07. The summed E-state index contributed by atoms with van der Waals surface area (Å²) in [4.78, 5) is 0. The fourth-order valence-corrected chi connectivity index (χ4v) is 2.07. The quantitative estimate of drug-likeness (QED) is 0.734. The van der Waals surface area contributed by atoms with Gasteiger partial charge in [-0.05, 0) is 29.7 Å². The van der Waals surface area contributed by atoms with Gasteiger partial charge in [-0.15, -0.1) is 0 Å². The van der Waals surface area contributed by atoms with Crippen LogP contribution in [0.3, 0.4) is 0 Å². The molecule has 3 heteroatoms. The summed E-state index contributed by atoms with van der Waals surface area (Å²) in [7, 11) is 0. The molecule has 0 aliphatic carbocycles. The molecule has 76 valence electrons. The monoisotopic (exact) mass is 199 g/mol. The predicted molar refractivity (Wildman–Crippen MR) is 59.4 cm³/mol. The van der Waals surface area contributed by atoms with Crippen LogP contribution in [0.2, 0.25) is 0 Å². The van der Waals surface area contributed by atoms with E-state index in [0.717, 1.165) is 25.1 Å². The maximum atomic E-state index is 3.97. The number of fused-ring (bicyclic) bond motifs is 1. The molecule has 0 unspecified atom stereocenters. The number of hydrogen-bond acceptors (Lipinski definition) is 2. The number of aromatic amines is 1. The Hall–Kier alpha value is -1.61. The molecule has 0 radical (unpaired) electrons. The summed E-state index contributed by atoms with van der Waals surface area (Å²) in [6.07, 6.45) is 4.92. The number of nitrogens with zero attached hydrogens (tertiary/aromatic N) is 1. The summed E-state index contributed by atoms with van der Waals surface area (Å²) in [6, 6.07) is 6.65. The topological polar surface area (TPSA) is 40.7 Å². The Labute approximate surface area is 88.5 Å². The van der Waals surface area contributed by atoms with Gasteiger partial charge >= 0.3 is 0 Å². The number of aromatic nitrogens is 2. The maximum Gasteiger partial charge on any atom is 0.0565 e. The molecule has 1 aromatic carbocycles. The van der Waals surface area contributed by atoms with Crippen molar-refractivity contribution in [3.8, 4) is 11.1 Å². The summed E-state index contributed by atoms with van der Waals surface area (Å²) >= 11 is 0. The van der Waals surface area contributed by atoms with E-state index < -0.39 is 0 Å². The van der Waals surface area contributed by atoms with E-state index in [1.54, 1.807) is 0 Å². The van der Waals surface area contributed by atoms with Gasteiger partial charge in [-0.1, -0.05) is 18.2 Å². The molecule has 0 saturated carbocycles. The van der Waals surface area contributed by atoms with Gasteiger partial charge in [0.05, 0.1) is 6.20 Å². The number of rotatable bonds is 1. The van der Waals surface area contributed by atoms with Crippen LogP contribution < -0.4 is 5.32 Å². The zero-order chi connectivity index (χ0) is 10.1. The van der Waals surface area contributed by atoms with Gasteiger partial charge in [0, 0.05) is 18.3 Å². The van der Waals surface area contributed by atoms with Crippen molar-refractivity contribution >= 4 is 0 Å². The van der Waals surface area contributed by atoms with Crippen LogP contribution in [0.4, 0.5) is 0 Å². The molecule has 3 nitrogen and oxygen atoms in total. The maximum absolute atomic E-state index is 3.97. The molecule has 0 atom stereocenters. The Bertz CT molecular complexity index is 460. The third-order valence-electron chi connectivity index (χ3n) is 2.92. The lowest BCUT2D eigenvalue weighted by molar-refractivity contribution is 0.644. The first-order valence-electron chi connectivity index (χ1n) is 5.25. The van der Waals surface area contributed by atoms with Crippen molar-refractivity contribution in [1.82, 2.24) is 15.5 Å². The van der Waals surface area contributed by atoms with Gasteiger partial charge in [-0.3, -0.25) is 5.10 Å². The Balaban J connectivity index is 2.04. The Morgan fingerprint density at radius 1 is 1.13 bits per heavy atom. The number of hydrogen-bond donors (Lipinski definition) is 2. The lowest BCUT2D eigenvalue weighted by Crippen LogP contribution is -2.23. The van der Waals surface area contributed by atoms with Gasteiger partial charge in [0.25, 0.3) is 0 Å². The lowest BCUT2D eigenvalue weighted by atomic mass is 9.97. The fraction of sp³-hybridized carbons (Fsp3) is 0.250. The summed E-state index contributed by atoms with van der Waals surface area (Å²) < 4.78 is 0. The van der Waals surface area contributed by atoms with Crippen LogP contribution in [-0.2, 0) is 13.0 Å². The second-order valence-corrected chi connectivity index (χ2v) is 3.90. The van der Waals surface area contributed by atoms with Crippen molar-refractivity contribution in [1.29, 1.82) is 0 Å². The average Bonchev–Trinajstić information content (AvgIpc) is 2.82. The number of H-pyrrole nitrogens is 1. The highest BCUT2D eigenvalue weighted by molar-refractivity contribution is 5.63. The molecule has 3 rings (SSSR count). The second kappa shape index (κ2) is 3.51. The van der Waals surface area contributed by atoms with Gasteiger partial charge in [-0.2, -0.15) is 5.10 Å². The van der Waals surface area contributed by atoms with Crippen LogP contribution in [0.15, 0.2) is 30.6 Å². The van der Waals surface area contributed by atoms with Crippen molar-refractivity contribution in [3.05, 3.63) is 41.7 Å². The van der Waals surface area contributed by atoms with Crippen molar-refractivity contribution in [3.63, 3.8) is 0 Å². The number of benzene rings is 1. The highest BCUT2D eigenvalue weighted by Gasteiger charge is 2.09. The molecule has 0 spiro atoms. The molecule has 0 saturated heterocycles. The van der Waals surface area contributed by atoms with Crippen LogP contribution in [0.5, 0.6) is 0 Å². The SMILES string of the molecule is c1cc2c(cc1-c1cn[nH]c1)CCNC2. The Morgan fingerprint density at radius 2 is 2.13 bits per heavy atom. The first kappa shape index (κ1) is 8.68. The minimum absolute atomic E-state index is 1.00. The minimum atomic E-state index is 1.00. The second-order valence-electron chi connectivity index (χ2n) is 3.90. The molecule has 0 bridgehead atoms. The van der Waals surface area contributed by atoms with Gasteiger partial charge in [0.15, 0.2) is 0 Å². The van der Waals surface area contributed by atoms with Crippen LogP contribution in [0, 0.1) is 0 Å². The molecule has 2 aromatic rings. The van der Waals surface area contributed by atoms with E-state index in [-0.39, 0.29) is 0 Å². The minimum Gasteiger partial charge on any atom is -0.312 e. The van der Waals surface area contributed by atoms with E-state index in [2.05, 4.69) is 33.7 Å². The average molecular weight is 199 g/mol. The van der Waals surface area contributed by atoms with E-state index in [0.29, 0.717) is 0 Å². The smallest absolute Gasteiger partial charge is 0.0565 e. The molecule has 1 aromatic heterocycles. The summed E-state index contributed by atoms with van der Waals surface area (Å²) in [5.41, 5.74) is 5.31. The Kier molecular flexibility index (Phi) is 2.03. The standard InChI is InChI=1S/C12H13N3/c1-2-11-6-13-4-3-10(11)5-9(1)12-7-14-15-8-12/h1-2,5,7-8,13H,3-4,6H2,(H,14,15). The third kappa shape index (κ3) is 1.55. The molecule has 1 aliphatic rings. The lowest BCUT2D eigenvalue weighted by Gasteiger charge is -2.17. The zero-order valence-electron chi connectivity index (χ0n) is 8.46. The molecule has 1 aliphatic heterocycles. The van der Waals surface area contributed by atoms with E-state index in [4.69, 9.17) is 0 Å². The molecule has 2 heterocycles.